The second-order valence-electron chi connectivity index (χ2n) is 8.68. The molecule has 0 aliphatic heterocycles. The quantitative estimate of drug-likeness (QED) is 0.204. The molecule has 0 N–H and O–H groups in total. The highest BCUT2D eigenvalue weighted by Crippen LogP contribution is 2.30. The minimum absolute atomic E-state index is 0.497. The first kappa shape index (κ1) is 44.4. The number of thioether (sulfide) groups is 2. The van der Waals surface area contributed by atoms with Crippen LogP contribution in [-0.4, -0.2) is 31.3 Å². The molecular formula is C37H58O2S3. The van der Waals surface area contributed by atoms with Gasteiger partial charge >= 0.3 is 0 Å². The van der Waals surface area contributed by atoms with Crippen LogP contribution in [0, 0.1) is 5.92 Å². The molecular weight excluding hydrogens is 573 g/mol. The lowest BCUT2D eigenvalue weighted by molar-refractivity contribution is -0.104. The van der Waals surface area contributed by atoms with Crippen molar-refractivity contribution in [3.8, 4) is 0 Å². The molecule has 0 saturated carbocycles. The summed E-state index contributed by atoms with van der Waals surface area (Å²) in [6, 6.07) is 8.72. The van der Waals surface area contributed by atoms with Crippen LogP contribution in [-0.2, 0) is 16.0 Å². The average molecular weight is 631 g/mol. The third-order valence-electron chi connectivity index (χ3n) is 5.75. The predicted molar refractivity (Wildman–Crippen MR) is 200 cm³/mol. The normalized spacial score (nSPS) is 14.6. The Kier molecular flexibility index (Phi) is 33.6. The van der Waals surface area contributed by atoms with Gasteiger partial charge in [0.05, 0.1) is 0 Å². The van der Waals surface area contributed by atoms with Gasteiger partial charge in [0, 0.05) is 10.6 Å². The smallest absolute Gasteiger partial charge is 0.142 e. The van der Waals surface area contributed by atoms with Crippen LogP contribution >= 0.6 is 34.9 Å². The maximum Gasteiger partial charge on any atom is 0.142 e. The van der Waals surface area contributed by atoms with Crippen molar-refractivity contribution in [2.75, 3.05) is 18.8 Å². The van der Waals surface area contributed by atoms with Crippen LogP contribution in [0.1, 0.15) is 87.1 Å². The molecule has 0 bridgehead atoms. The first-order chi connectivity index (χ1) is 20.4. The summed E-state index contributed by atoms with van der Waals surface area (Å²) in [4.78, 5) is 20.6. The third-order valence-corrected chi connectivity index (χ3v) is 7.14. The molecule has 2 nitrogen and oxygen atoms in total. The summed E-state index contributed by atoms with van der Waals surface area (Å²) in [5.41, 5.74) is 6.46. The summed E-state index contributed by atoms with van der Waals surface area (Å²) in [5.74, 6) is 0.497. The summed E-state index contributed by atoms with van der Waals surface area (Å²) >= 11 is 5.27. The van der Waals surface area contributed by atoms with E-state index < -0.39 is 0 Å². The van der Waals surface area contributed by atoms with Crippen LogP contribution in [0.3, 0.4) is 0 Å². The minimum Gasteiger partial charge on any atom is -0.299 e. The van der Waals surface area contributed by atoms with E-state index in [4.69, 9.17) is 0 Å². The number of aryl methyl sites for hydroxylation is 1. The lowest BCUT2D eigenvalue weighted by atomic mass is 9.86. The summed E-state index contributed by atoms with van der Waals surface area (Å²) < 4.78 is 1.34. The Balaban J connectivity index is -0.000000569. The van der Waals surface area contributed by atoms with Crippen LogP contribution < -0.4 is 0 Å². The molecule has 1 atom stereocenters. The van der Waals surface area contributed by atoms with E-state index in [1.165, 1.54) is 26.8 Å². The minimum atomic E-state index is 0.497. The Labute approximate surface area is 271 Å². The van der Waals surface area contributed by atoms with Gasteiger partial charge in [-0.05, 0) is 110 Å². The molecule has 0 amide bonds. The molecule has 0 spiro atoms. The molecule has 1 unspecified atom stereocenters. The summed E-state index contributed by atoms with van der Waals surface area (Å²) in [6.07, 6.45) is 21.7. The number of carbonyl (C=O) groups excluding carboxylic acids is 2. The van der Waals surface area contributed by atoms with E-state index in [2.05, 4.69) is 66.5 Å². The first-order valence-electron chi connectivity index (χ1n) is 15.1. The van der Waals surface area contributed by atoms with Crippen molar-refractivity contribution in [1.82, 2.24) is 0 Å². The van der Waals surface area contributed by atoms with Gasteiger partial charge in [-0.3, -0.25) is 9.59 Å². The van der Waals surface area contributed by atoms with Gasteiger partial charge in [0.15, 0.2) is 0 Å². The second kappa shape index (κ2) is 31.8. The van der Waals surface area contributed by atoms with E-state index in [9.17, 15) is 9.59 Å². The van der Waals surface area contributed by atoms with E-state index in [0.29, 0.717) is 5.92 Å². The number of hydrogen-bond acceptors (Lipinski definition) is 5. The van der Waals surface area contributed by atoms with Gasteiger partial charge in [0.25, 0.3) is 0 Å². The van der Waals surface area contributed by atoms with E-state index in [1.807, 2.05) is 67.9 Å². The molecule has 1 aromatic heterocycles. The summed E-state index contributed by atoms with van der Waals surface area (Å²) in [6.45, 7) is 18.3. The fourth-order valence-corrected chi connectivity index (χ4v) is 5.01. The van der Waals surface area contributed by atoms with Crippen molar-refractivity contribution in [2.24, 2.45) is 5.92 Å². The molecule has 1 heterocycles. The monoisotopic (exact) mass is 630 g/mol. The largest absolute Gasteiger partial charge is 0.299 e. The Morgan fingerprint density at radius 2 is 1.40 bits per heavy atom. The third kappa shape index (κ3) is 20.7. The molecule has 0 saturated heterocycles. The molecule has 0 radical (unpaired) electrons. The van der Waals surface area contributed by atoms with Crippen molar-refractivity contribution in [3.63, 3.8) is 0 Å². The van der Waals surface area contributed by atoms with E-state index in [1.54, 1.807) is 47.0 Å². The zero-order chi connectivity index (χ0) is 32.8. The summed E-state index contributed by atoms with van der Waals surface area (Å²) in [5, 5.41) is 5.64. The lowest BCUT2D eigenvalue weighted by Gasteiger charge is -2.20. The van der Waals surface area contributed by atoms with Crippen molar-refractivity contribution in [2.45, 2.75) is 88.0 Å². The number of benzene rings is 1. The molecule has 2 aromatic rings. The topological polar surface area (TPSA) is 34.1 Å². The fraction of sp³-hybridized carbons (Fsp3) is 0.459. The molecule has 3 rings (SSSR count). The average Bonchev–Trinajstić information content (AvgIpc) is 3.49. The van der Waals surface area contributed by atoms with Gasteiger partial charge in [0.1, 0.15) is 12.6 Å². The van der Waals surface area contributed by atoms with Crippen molar-refractivity contribution < 1.29 is 9.59 Å². The Hall–Kier alpha value is -2.08. The molecule has 5 heteroatoms. The van der Waals surface area contributed by atoms with Gasteiger partial charge in [-0.25, -0.2) is 0 Å². The molecule has 42 heavy (non-hydrogen) atoms. The maximum absolute atomic E-state index is 10.4. The highest BCUT2D eigenvalue weighted by Gasteiger charge is 2.14. The van der Waals surface area contributed by atoms with Gasteiger partial charge in [0.2, 0.25) is 0 Å². The van der Waals surface area contributed by atoms with Crippen molar-refractivity contribution in [1.29, 1.82) is 0 Å². The molecule has 1 aromatic carbocycles. The van der Waals surface area contributed by atoms with Crippen LogP contribution in [0.25, 0.3) is 10.1 Å². The van der Waals surface area contributed by atoms with Gasteiger partial charge in [-0.1, -0.05) is 95.5 Å². The maximum atomic E-state index is 10.4. The van der Waals surface area contributed by atoms with Crippen LogP contribution in [0.5, 0.6) is 0 Å². The Morgan fingerprint density at radius 3 is 1.93 bits per heavy atom. The molecule has 236 valence electrons. The Bertz CT molecular complexity index is 1100. The van der Waals surface area contributed by atoms with Gasteiger partial charge in [-0.2, -0.15) is 11.8 Å². The molecule has 1 aliphatic rings. The predicted octanol–water partition coefficient (Wildman–Crippen LogP) is 12.3. The number of allylic oxidation sites excluding steroid dienone is 9. The number of aldehydes is 2. The van der Waals surface area contributed by atoms with Crippen LogP contribution in [0.15, 0.2) is 87.7 Å². The number of rotatable bonds is 9. The van der Waals surface area contributed by atoms with Gasteiger partial charge < -0.3 is 0 Å². The number of fused-ring (bicyclic) bond motifs is 1. The highest BCUT2D eigenvalue weighted by molar-refractivity contribution is 8.01. The zero-order valence-electron chi connectivity index (χ0n) is 28.5. The molecule has 1 aliphatic carbocycles. The molecule has 0 fully saturated rings. The summed E-state index contributed by atoms with van der Waals surface area (Å²) in [7, 11) is 0. The SMILES string of the molecule is C/C(=C\C=O)CCc1ccc2ccsc2c1.CC.CC.CC.CS/C=C1/C=CC=C(CC/C(C)=C/C=O)C1C.CSC. The van der Waals surface area contributed by atoms with Crippen molar-refractivity contribution >= 4 is 57.5 Å². The van der Waals surface area contributed by atoms with E-state index in [-0.39, 0.29) is 0 Å². The standard InChI is InChI=1S/C15H20OS.C14H14OS.C2H6S.3C2H6/c1-12(9-10-16)7-8-14-5-4-6-15(11-17-3)13(14)2;1-11(6-8-15)2-3-12-4-5-13-7-9-16-14(13)10-12;1-3-2;3*1-2/h4-6,9-11,13H,7-8H2,1-3H3;4-10H,2-3H2,1H3;1-2H3;3*1-2H3/b12-9+,15-11-;11-6+;;;;. The number of hydrogen-bond donors (Lipinski definition) is 0. The van der Waals surface area contributed by atoms with E-state index >= 15 is 0 Å². The fourth-order valence-electron chi connectivity index (χ4n) is 3.60. The first-order valence-corrected chi connectivity index (χ1v) is 18.9. The highest BCUT2D eigenvalue weighted by atomic mass is 32.2. The van der Waals surface area contributed by atoms with Crippen molar-refractivity contribution in [3.05, 3.63) is 93.3 Å². The van der Waals surface area contributed by atoms with Crippen LogP contribution in [0.4, 0.5) is 0 Å². The lowest BCUT2D eigenvalue weighted by Crippen LogP contribution is -2.05. The van der Waals surface area contributed by atoms with Crippen LogP contribution in [0.2, 0.25) is 0 Å². The number of thiophene rings is 1. The van der Waals surface area contributed by atoms with Gasteiger partial charge in [-0.15, -0.1) is 23.1 Å². The second-order valence-corrected chi connectivity index (χ2v) is 11.1. The zero-order valence-corrected chi connectivity index (χ0v) is 30.9. The van der Waals surface area contributed by atoms with E-state index in [0.717, 1.165) is 49.4 Å². The number of carbonyl (C=O) groups is 2. The Morgan fingerprint density at radius 1 is 0.857 bits per heavy atom.